The van der Waals surface area contributed by atoms with Crippen molar-refractivity contribution in [1.82, 2.24) is 10.1 Å². The summed E-state index contributed by atoms with van der Waals surface area (Å²) in [5.41, 5.74) is 1.78. The van der Waals surface area contributed by atoms with E-state index in [0.29, 0.717) is 18.8 Å². The molecule has 0 saturated heterocycles. The van der Waals surface area contributed by atoms with E-state index in [9.17, 15) is 9.59 Å². The standard InChI is InChI=1S/C15H14BrN3O4/c1-22-15(21)19-6-4-9-2-3-10(16)8-11(9)13(19)14(20)17-12-5-7-23-18-12/h2-3,5,7-8,13H,4,6H2,1H3,(H,17,18,20). The number of benzene rings is 1. The minimum Gasteiger partial charge on any atom is -0.453 e. The van der Waals surface area contributed by atoms with Crippen LogP contribution < -0.4 is 5.32 Å². The summed E-state index contributed by atoms with van der Waals surface area (Å²) in [4.78, 5) is 26.2. The minimum atomic E-state index is -0.791. The van der Waals surface area contributed by atoms with Crippen molar-refractivity contribution in [3.05, 3.63) is 46.1 Å². The molecule has 0 bridgehead atoms. The van der Waals surface area contributed by atoms with E-state index in [-0.39, 0.29) is 5.91 Å². The molecule has 1 aliphatic rings. The first-order valence-corrected chi connectivity index (χ1v) is 7.73. The Morgan fingerprint density at radius 3 is 2.96 bits per heavy atom. The zero-order valence-corrected chi connectivity index (χ0v) is 13.9. The van der Waals surface area contributed by atoms with Crippen molar-refractivity contribution in [2.45, 2.75) is 12.5 Å². The van der Waals surface area contributed by atoms with Crippen LogP contribution >= 0.6 is 15.9 Å². The van der Waals surface area contributed by atoms with Gasteiger partial charge in [0.2, 0.25) is 0 Å². The third kappa shape index (κ3) is 3.07. The molecule has 1 aromatic carbocycles. The molecule has 7 nitrogen and oxygen atoms in total. The van der Waals surface area contributed by atoms with Gasteiger partial charge in [0.1, 0.15) is 12.3 Å². The molecule has 1 aliphatic heterocycles. The Balaban J connectivity index is 1.98. The summed E-state index contributed by atoms with van der Waals surface area (Å²) < 4.78 is 10.4. The summed E-state index contributed by atoms with van der Waals surface area (Å²) in [6.45, 7) is 0.401. The summed E-state index contributed by atoms with van der Waals surface area (Å²) in [7, 11) is 1.30. The van der Waals surface area contributed by atoms with Gasteiger partial charge in [-0.1, -0.05) is 27.2 Å². The van der Waals surface area contributed by atoms with Crippen LogP contribution in [-0.2, 0) is 16.0 Å². The molecule has 0 aliphatic carbocycles. The van der Waals surface area contributed by atoms with Crippen molar-refractivity contribution < 1.29 is 18.8 Å². The number of anilines is 1. The quantitative estimate of drug-likeness (QED) is 0.866. The first-order chi connectivity index (χ1) is 11.1. The third-order valence-electron chi connectivity index (χ3n) is 3.68. The Morgan fingerprint density at radius 2 is 2.26 bits per heavy atom. The maximum absolute atomic E-state index is 12.7. The van der Waals surface area contributed by atoms with Gasteiger partial charge >= 0.3 is 6.09 Å². The van der Waals surface area contributed by atoms with Gasteiger partial charge in [-0.25, -0.2) is 4.79 Å². The van der Waals surface area contributed by atoms with Crippen molar-refractivity contribution in [3.63, 3.8) is 0 Å². The van der Waals surface area contributed by atoms with Crippen molar-refractivity contribution >= 4 is 33.7 Å². The molecule has 1 N–H and O–H groups in total. The average Bonchev–Trinajstić information content (AvgIpc) is 3.05. The van der Waals surface area contributed by atoms with Gasteiger partial charge in [-0.15, -0.1) is 0 Å². The number of carbonyl (C=O) groups excluding carboxylic acids is 2. The van der Waals surface area contributed by atoms with E-state index < -0.39 is 12.1 Å². The summed E-state index contributed by atoms with van der Waals surface area (Å²) >= 11 is 3.41. The summed E-state index contributed by atoms with van der Waals surface area (Å²) in [5.74, 6) is -0.0784. The second-order valence-corrected chi connectivity index (χ2v) is 5.95. The van der Waals surface area contributed by atoms with Gasteiger partial charge < -0.3 is 14.6 Å². The molecule has 8 heteroatoms. The number of rotatable bonds is 2. The van der Waals surface area contributed by atoms with E-state index in [1.807, 2.05) is 18.2 Å². The predicted molar refractivity (Wildman–Crippen MR) is 84.8 cm³/mol. The highest BCUT2D eigenvalue weighted by Crippen LogP contribution is 2.33. The summed E-state index contributed by atoms with van der Waals surface area (Å²) in [6, 6.07) is 6.45. The van der Waals surface area contributed by atoms with Crippen LogP contribution in [0.4, 0.5) is 10.6 Å². The Hall–Kier alpha value is -2.35. The van der Waals surface area contributed by atoms with Crippen molar-refractivity contribution in [3.8, 4) is 0 Å². The molecule has 0 radical (unpaired) electrons. The lowest BCUT2D eigenvalue weighted by Crippen LogP contribution is -2.45. The summed E-state index contributed by atoms with van der Waals surface area (Å²) in [5, 5.41) is 6.32. The Bertz CT molecular complexity index is 732. The molecule has 1 atom stereocenters. The van der Waals surface area contributed by atoms with Crippen molar-refractivity contribution in [1.29, 1.82) is 0 Å². The van der Waals surface area contributed by atoms with Gasteiger partial charge in [-0.05, 0) is 29.7 Å². The van der Waals surface area contributed by atoms with Crippen molar-refractivity contribution in [2.75, 3.05) is 19.0 Å². The van der Waals surface area contributed by atoms with Gasteiger partial charge in [-0.3, -0.25) is 9.69 Å². The molecule has 2 heterocycles. The highest BCUT2D eigenvalue weighted by atomic mass is 79.9. The molecule has 2 aromatic rings. The number of nitrogens with zero attached hydrogens (tertiary/aromatic N) is 2. The van der Waals surface area contributed by atoms with Gasteiger partial charge in [0.25, 0.3) is 5.91 Å². The number of fused-ring (bicyclic) bond motifs is 1. The maximum atomic E-state index is 12.7. The highest BCUT2D eigenvalue weighted by molar-refractivity contribution is 9.10. The normalized spacial score (nSPS) is 16.6. The van der Waals surface area contributed by atoms with E-state index in [4.69, 9.17) is 9.26 Å². The fourth-order valence-corrected chi connectivity index (χ4v) is 3.03. The number of hydrogen-bond acceptors (Lipinski definition) is 5. The van der Waals surface area contributed by atoms with Crippen LogP contribution in [0.3, 0.4) is 0 Å². The lowest BCUT2D eigenvalue weighted by molar-refractivity contribution is -0.121. The van der Waals surface area contributed by atoms with E-state index in [0.717, 1.165) is 15.6 Å². The van der Waals surface area contributed by atoms with Crippen LogP contribution in [-0.4, -0.2) is 35.7 Å². The number of ether oxygens (including phenoxy) is 1. The van der Waals surface area contributed by atoms with Crippen LogP contribution in [0.25, 0.3) is 0 Å². The molecule has 0 spiro atoms. The van der Waals surface area contributed by atoms with E-state index in [1.54, 1.807) is 0 Å². The topological polar surface area (TPSA) is 84.7 Å². The third-order valence-corrected chi connectivity index (χ3v) is 4.18. The fourth-order valence-electron chi connectivity index (χ4n) is 2.65. The number of hydrogen-bond donors (Lipinski definition) is 1. The largest absolute Gasteiger partial charge is 0.453 e. The number of aromatic nitrogens is 1. The molecule has 3 rings (SSSR count). The van der Waals surface area contributed by atoms with E-state index in [1.165, 1.54) is 24.3 Å². The fraction of sp³-hybridized carbons (Fsp3) is 0.267. The van der Waals surface area contributed by atoms with Gasteiger partial charge in [-0.2, -0.15) is 0 Å². The number of carbonyl (C=O) groups is 2. The lowest BCUT2D eigenvalue weighted by Gasteiger charge is -2.35. The van der Waals surface area contributed by atoms with E-state index in [2.05, 4.69) is 26.4 Å². The van der Waals surface area contributed by atoms with Crippen LogP contribution in [0.5, 0.6) is 0 Å². The van der Waals surface area contributed by atoms with Crippen LogP contribution in [0.2, 0.25) is 0 Å². The molecule has 23 heavy (non-hydrogen) atoms. The maximum Gasteiger partial charge on any atom is 0.410 e. The first-order valence-electron chi connectivity index (χ1n) is 6.94. The van der Waals surface area contributed by atoms with Gasteiger partial charge in [0, 0.05) is 17.1 Å². The van der Waals surface area contributed by atoms with E-state index >= 15 is 0 Å². The van der Waals surface area contributed by atoms with Crippen LogP contribution in [0.1, 0.15) is 17.2 Å². The minimum absolute atomic E-state index is 0.293. The number of methoxy groups -OCH3 is 1. The van der Waals surface area contributed by atoms with Crippen molar-refractivity contribution in [2.24, 2.45) is 0 Å². The van der Waals surface area contributed by atoms with Gasteiger partial charge in [0.05, 0.1) is 7.11 Å². The number of nitrogens with one attached hydrogen (secondary N) is 1. The summed E-state index contributed by atoms with van der Waals surface area (Å²) in [6.07, 6.45) is 1.47. The zero-order valence-electron chi connectivity index (χ0n) is 12.3. The van der Waals surface area contributed by atoms with Crippen LogP contribution in [0.15, 0.2) is 39.5 Å². The smallest absolute Gasteiger partial charge is 0.410 e. The molecular formula is C15H14BrN3O4. The van der Waals surface area contributed by atoms with Crippen LogP contribution in [0, 0.1) is 0 Å². The molecule has 1 aromatic heterocycles. The molecule has 0 fully saturated rings. The molecule has 0 saturated carbocycles. The SMILES string of the molecule is COC(=O)N1CCc2ccc(Br)cc2C1C(=O)Nc1ccon1. The monoisotopic (exact) mass is 379 g/mol. The predicted octanol–water partition coefficient (Wildman–Crippen LogP) is 2.74. The molecule has 2 amide bonds. The average molecular weight is 380 g/mol. The number of amides is 2. The zero-order chi connectivity index (χ0) is 16.4. The second-order valence-electron chi connectivity index (χ2n) is 5.03. The molecule has 1 unspecified atom stereocenters. The lowest BCUT2D eigenvalue weighted by atomic mass is 9.92. The Kier molecular flexibility index (Phi) is 4.33. The first kappa shape index (κ1) is 15.5. The molecular weight excluding hydrogens is 366 g/mol. The van der Waals surface area contributed by atoms with Gasteiger partial charge in [0.15, 0.2) is 5.82 Å². The second kappa shape index (κ2) is 6.41. The number of halogens is 1. The Morgan fingerprint density at radius 1 is 1.43 bits per heavy atom. The molecule has 120 valence electrons. The Labute approximate surface area is 140 Å². The highest BCUT2D eigenvalue weighted by Gasteiger charge is 2.37.